The molecule has 0 spiro atoms. The molecule has 1 amide bonds. The molecule has 2 aromatic heterocycles. The molecule has 1 fully saturated rings. The topological polar surface area (TPSA) is 54.3 Å². The van der Waals surface area contributed by atoms with Gasteiger partial charge in [0.15, 0.2) is 0 Å². The average Bonchev–Trinajstić information content (AvgIpc) is 3.10. The first-order valence-corrected chi connectivity index (χ1v) is 8.18. The molecule has 2 aliphatic rings. The maximum absolute atomic E-state index is 12.6. The maximum atomic E-state index is 12.6. The van der Waals surface area contributed by atoms with Crippen molar-refractivity contribution in [2.24, 2.45) is 0 Å². The van der Waals surface area contributed by atoms with Gasteiger partial charge in [0.1, 0.15) is 5.82 Å². The second-order valence-electron chi connectivity index (χ2n) is 6.41. The molecule has 120 valence electrons. The van der Waals surface area contributed by atoms with Crippen molar-refractivity contribution in [3.8, 4) is 0 Å². The largest absolute Gasteiger partial charge is 0.330 e. The number of hydrogen-bond acceptors (Lipinski definition) is 4. The molecule has 6 heteroatoms. The van der Waals surface area contributed by atoms with E-state index in [-0.39, 0.29) is 6.03 Å². The lowest BCUT2D eigenvalue weighted by atomic mass is 10.0. The lowest BCUT2D eigenvalue weighted by Crippen LogP contribution is -2.45. The van der Waals surface area contributed by atoms with E-state index in [1.165, 1.54) is 5.56 Å². The minimum absolute atomic E-state index is 0.0996. The summed E-state index contributed by atoms with van der Waals surface area (Å²) in [5, 5.41) is 0. The maximum Gasteiger partial charge on any atom is 0.330 e. The quantitative estimate of drug-likeness (QED) is 0.870. The number of hydrogen-bond donors (Lipinski definition) is 0. The van der Waals surface area contributed by atoms with E-state index in [0.29, 0.717) is 12.6 Å². The highest BCUT2D eigenvalue weighted by Crippen LogP contribution is 2.26. The summed E-state index contributed by atoms with van der Waals surface area (Å²) >= 11 is 0. The first kappa shape index (κ1) is 14.4. The van der Waals surface area contributed by atoms with Crippen LogP contribution in [-0.2, 0) is 13.1 Å². The first-order chi connectivity index (χ1) is 11.2. The highest BCUT2D eigenvalue weighted by atomic mass is 16.2. The molecule has 0 aliphatic carbocycles. The lowest BCUT2D eigenvalue weighted by molar-refractivity contribution is 0.123. The van der Waals surface area contributed by atoms with Crippen molar-refractivity contribution < 1.29 is 4.79 Å². The first-order valence-electron chi connectivity index (χ1n) is 8.18. The van der Waals surface area contributed by atoms with Gasteiger partial charge in [-0.1, -0.05) is 0 Å². The van der Waals surface area contributed by atoms with E-state index in [9.17, 15) is 4.79 Å². The van der Waals surface area contributed by atoms with Crippen LogP contribution in [0.3, 0.4) is 0 Å². The van der Waals surface area contributed by atoms with Crippen LogP contribution >= 0.6 is 0 Å². The molecule has 4 rings (SSSR count). The number of pyridine rings is 1. The Balaban J connectivity index is 1.36. The van der Waals surface area contributed by atoms with Crippen LogP contribution < -0.4 is 0 Å². The van der Waals surface area contributed by atoms with Gasteiger partial charge in [0.2, 0.25) is 0 Å². The SMILES string of the molecule is Cc1ncc2n1C(=O)N(C1CCN(Cc3ccncc3)CC1)C2. The van der Waals surface area contributed by atoms with Gasteiger partial charge < -0.3 is 4.90 Å². The van der Waals surface area contributed by atoms with Crippen molar-refractivity contribution in [1.29, 1.82) is 0 Å². The number of amides is 1. The monoisotopic (exact) mass is 311 g/mol. The molecule has 23 heavy (non-hydrogen) atoms. The highest BCUT2D eigenvalue weighted by molar-refractivity contribution is 5.81. The molecule has 0 bridgehead atoms. The Bertz CT molecular complexity index is 703. The van der Waals surface area contributed by atoms with Crippen LogP contribution in [0.2, 0.25) is 0 Å². The van der Waals surface area contributed by atoms with E-state index >= 15 is 0 Å². The molecule has 0 saturated carbocycles. The number of aromatic nitrogens is 3. The van der Waals surface area contributed by atoms with E-state index in [4.69, 9.17) is 0 Å². The molecule has 0 atom stereocenters. The number of imidazole rings is 1. The fourth-order valence-electron chi connectivity index (χ4n) is 3.66. The predicted molar refractivity (Wildman–Crippen MR) is 85.8 cm³/mol. The molecule has 4 heterocycles. The van der Waals surface area contributed by atoms with Crippen LogP contribution in [0.5, 0.6) is 0 Å². The van der Waals surface area contributed by atoms with Gasteiger partial charge in [-0.3, -0.25) is 14.5 Å². The summed E-state index contributed by atoms with van der Waals surface area (Å²) in [5.41, 5.74) is 2.32. The lowest BCUT2D eigenvalue weighted by Gasteiger charge is -2.36. The zero-order chi connectivity index (χ0) is 15.8. The number of carbonyl (C=O) groups excluding carboxylic acids is 1. The van der Waals surface area contributed by atoms with Crippen LogP contribution in [0.25, 0.3) is 0 Å². The summed E-state index contributed by atoms with van der Waals surface area (Å²) in [5.74, 6) is 0.794. The van der Waals surface area contributed by atoms with Crippen molar-refractivity contribution in [3.05, 3.63) is 47.8 Å². The summed E-state index contributed by atoms with van der Waals surface area (Å²) in [6, 6.07) is 4.58. The molecular formula is C17H21N5O. The van der Waals surface area contributed by atoms with Gasteiger partial charge in [-0.25, -0.2) is 9.78 Å². The standard InChI is InChI=1S/C17H21N5O/c1-13-19-10-16-12-21(17(23)22(13)16)15-4-8-20(9-5-15)11-14-2-6-18-7-3-14/h2-3,6-7,10,15H,4-5,8-9,11-12H2,1H3. The van der Waals surface area contributed by atoms with E-state index in [2.05, 4.69) is 27.0 Å². The molecule has 2 aliphatic heterocycles. The van der Waals surface area contributed by atoms with E-state index in [0.717, 1.165) is 44.0 Å². The summed E-state index contributed by atoms with van der Waals surface area (Å²) in [4.78, 5) is 25.4. The van der Waals surface area contributed by atoms with Crippen LogP contribution in [0, 0.1) is 6.92 Å². The molecule has 2 aromatic rings. The normalized spacial score (nSPS) is 19.3. The van der Waals surface area contributed by atoms with Gasteiger partial charge in [-0.05, 0) is 37.5 Å². The smallest absolute Gasteiger partial charge is 0.315 e. The Morgan fingerprint density at radius 1 is 1.22 bits per heavy atom. The zero-order valence-corrected chi connectivity index (χ0v) is 13.4. The highest BCUT2D eigenvalue weighted by Gasteiger charge is 2.35. The number of likely N-dealkylation sites (tertiary alicyclic amines) is 1. The Kier molecular flexibility index (Phi) is 3.61. The third-order valence-electron chi connectivity index (χ3n) is 4.93. The number of aryl methyl sites for hydroxylation is 1. The molecule has 0 aromatic carbocycles. The van der Waals surface area contributed by atoms with Crippen LogP contribution in [0.1, 0.15) is 29.9 Å². The number of piperidine rings is 1. The molecular weight excluding hydrogens is 290 g/mol. The summed E-state index contributed by atoms with van der Waals surface area (Å²) in [6.07, 6.45) is 7.58. The predicted octanol–water partition coefficient (Wildman–Crippen LogP) is 2.03. The van der Waals surface area contributed by atoms with Crippen molar-refractivity contribution in [2.75, 3.05) is 13.1 Å². The Morgan fingerprint density at radius 2 is 1.96 bits per heavy atom. The number of rotatable bonds is 3. The molecule has 0 radical (unpaired) electrons. The van der Waals surface area contributed by atoms with Crippen molar-refractivity contribution in [2.45, 2.75) is 38.9 Å². The van der Waals surface area contributed by atoms with Crippen molar-refractivity contribution >= 4 is 6.03 Å². The van der Waals surface area contributed by atoms with Crippen LogP contribution in [0.4, 0.5) is 4.79 Å². The number of fused-ring (bicyclic) bond motifs is 1. The third-order valence-corrected chi connectivity index (χ3v) is 4.93. The zero-order valence-electron chi connectivity index (χ0n) is 13.4. The van der Waals surface area contributed by atoms with Crippen LogP contribution in [0.15, 0.2) is 30.7 Å². The van der Waals surface area contributed by atoms with Crippen molar-refractivity contribution in [1.82, 2.24) is 24.3 Å². The summed E-state index contributed by atoms with van der Waals surface area (Å²) < 4.78 is 1.75. The Morgan fingerprint density at radius 3 is 2.65 bits per heavy atom. The van der Waals surface area contributed by atoms with E-state index < -0.39 is 0 Å². The molecule has 6 nitrogen and oxygen atoms in total. The minimum atomic E-state index is 0.0996. The second kappa shape index (κ2) is 5.77. The molecule has 1 saturated heterocycles. The third kappa shape index (κ3) is 2.63. The van der Waals surface area contributed by atoms with Gasteiger partial charge in [0.25, 0.3) is 0 Å². The summed E-state index contributed by atoms with van der Waals surface area (Å²) in [6.45, 7) is 5.62. The number of nitrogens with zero attached hydrogens (tertiary/aromatic N) is 5. The van der Waals surface area contributed by atoms with Gasteiger partial charge >= 0.3 is 6.03 Å². The van der Waals surface area contributed by atoms with Gasteiger partial charge in [0, 0.05) is 38.1 Å². The minimum Gasteiger partial charge on any atom is -0.315 e. The second-order valence-corrected chi connectivity index (χ2v) is 6.41. The number of carbonyl (C=O) groups is 1. The summed E-state index contributed by atoms with van der Waals surface area (Å²) in [7, 11) is 0. The average molecular weight is 311 g/mol. The molecule has 0 N–H and O–H groups in total. The van der Waals surface area contributed by atoms with Crippen LogP contribution in [-0.4, -0.2) is 49.5 Å². The van der Waals surface area contributed by atoms with Gasteiger partial charge in [-0.15, -0.1) is 0 Å². The fraction of sp³-hybridized carbons (Fsp3) is 0.471. The Labute approximate surface area is 135 Å². The fourth-order valence-corrected chi connectivity index (χ4v) is 3.66. The molecule has 0 unspecified atom stereocenters. The van der Waals surface area contributed by atoms with Gasteiger partial charge in [-0.2, -0.15) is 0 Å². The van der Waals surface area contributed by atoms with E-state index in [1.807, 2.05) is 30.4 Å². The van der Waals surface area contributed by atoms with E-state index in [1.54, 1.807) is 4.57 Å². The van der Waals surface area contributed by atoms with Gasteiger partial charge in [0.05, 0.1) is 18.4 Å². The van der Waals surface area contributed by atoms with Crippen molar-refractivity contribution in [3.63, 3.8) is 0 Å². The Hall–Kier alpha value is -2.21.